The Bertz CT molecular complexity index is 1510. The van der Waals surface area contributed by atoms with Crippen LogP contribution in [0, 0.1) is 6.92 Å². The highest BCUT2D eigenvalue weighted by Crippen LogP contribution is 2.30. The van der Waals surface area contributed by atoms with Gasteiger partial charge in [-0.25, -0.2) is 4.98 Å². The van der Waals surface area contributed by atoms with E-state index in [-0.39, 0.29) is 12.5 Å². The maximum Gasteiger partial charge on any atom is 0.322 e. The molecule has 0 fully saturated rings. The van der Waals surface area contributed by atoms with E-state index in [4.69, 9.17) is 10.1 Å². The van der Waals surface area contributed by atoms with Gasteiger partial charge in [0.25, 0.3) is 0 Å². The van der Waals surface area contributed by atoms with Gasteiger partial charge in [0.05, 0.1) is 0 Å². The molecule has 0 atom stereocenters. The first kappa shape index (κ1) is 23.1. The van der Waals surface area contributed by atoms with E-state index < -0.39 is 5.97 Å². The fraction of sp³-hybridized carbons (Fsp3) is 0.240. The molecular weight excluding hydrogens is 458 g/mol. The molecule has 0 unspecified atom stereocenters. The molecule has 0 aliphatic rings. The molecule has 11 heteroatoms. The van der Waals surface area contributed by atoms with Crippen LogP contribution < -0.4 is 5.32 Å². The number of rotatable bonds is 9. The quantitative estimate of drug-likeness (QED) is 0.287. The summed E-state index contributed by atoms with van der Waals surface area (Å²) in [5.41, 5.74) is 6.71. The SMILES string of the molecule is CCCc1nc(C)n2nc(NCC(=O)O)nc2c1Cc1ccc(-c2ccccc2-c2nn[nH]n2)cc1. The molecule has 3 heterocycles. The second-order valence-corrected chi connectivity index (χ2v) is 8.41. The Morgan fingerprint density at radius 2 is 1.86 bits per heavy atom. The van der Waals surface area contributed by atoms with Crippen molar-refractivity contribution in [1.82, 2.24) is 40.2 Å². The average Bonchev–Trinajstić information content (AvgIpc) is 3.57. The molecule has 0 bridgehead atoms. The number of anilines is 1. The zero-order valence-corrected chi connectivity index (χ0v) is 19.9. The first-order valence-corrected chi connectivity index (χ1v) is 11.7. The number of carbonyl (C=O) groups is 1. The maximum atomic E-state index is 11.0. The van der Waals surface area contributed by atoms with Crippen LogP contribution in [0.2, 0.25) is 0 Å². The molecule has 2 aromatic carbocycles. The van der Waals surface area contributed by atoms with Gasteiger partial charge in [-0.3, -0.25) is 4.79 Å². The summed E-state index contributed by atoms with van der Waals surface area (Å²) in [6, 6.07) is 16.3. The van der Waals surface area contributed by atoms with Crippen LogP contribution in [0.4, 0.5) is 5.95 Å². The van der Waals surface area contributed by atoms with Crippen LogP contribution in [0.15, 0.2) is 48.5 Å². The van der Waals surface area contributed by atoms with Crippen molar-refractivity contribution in [2.75, 3.05) is 11.9 Å². The molecule has 11 nitrogen and oxygen atoms in total. The molecule has 36 heavy (non-hydrogen) atoms. The molecule has 0 aliphatic carbocycles. The number of benzene rings is 2. The van der Waals surface area contributed by atoms with Crippen molar-refractivity contribution in [1.29, 1.82) is 0 Å². The highest BCUT2D eigenvalue weighted by molar-refractivity contribution is 5.80. The second kappa shape index (κ2) is 9.90. The van der Waals surface area contributed by atoms with Crippen molar-refractivity contribution in [3.8, 4) is 22.5 Å². The molecule has 182 valence electrons. The number of nitrogens with one attached hydrogen (secondary N) is 2. The van der Waals surface area contributed by atoms with Crippen LogP contribution in [0.3, 0.4) is 0 Å². The van der Waals surface area contributed by atoms with E-state index in [0.29, 0.717) is 23.7 Å². The van der Waals surface area contributed by atoms with Crippen molar-refractivity contribution >= 4 is 17.6 Å². The molecule has 5 rings (SSSR count). The molecule has 0 aliphatic heterocycles. The summed E-state index contributed by atoms with van der Waals surface area (Å²) in [5.74, 6) is 0.551. The van der Waals surface area contributed by atoms with E-state index in [9.17, 15) is 4.79 Å². The van der Waals surface area contributed by atoms with Crippen LogP contribution in [-0.4, -0.2) is 57.8 Å². The monoisotopic (exact) mass is 483 g/mol. The number of hydrogen-bond donors (Lipinski definition) is 3. The summed E-state index contributed by atoms with van der Waals surface area (Å²) in [6.45, 7) is 3.74. The summed E-state index contributed by atoms with van der Waals surface area (Å²) < 4.78 is 1.67. The van der Waals surface area contributed by atoms with Gasteiger partial charge in [-0.15, -0.1) is 15.3 Å². The number of fused-ring (bicyclic) bond motifs is 1. The lowest BCUT2D eigenvalue weighted by molar-refractivity contribution is -0.134. The lowest BCUT2D eigenvalue weighted by atomic mass is 9.96. The first-order valence-electron chi connectivity index (χ1n) is 11.7. The lowest BCUT2D eigenvalue weighted by Gasteiger charge is -2.12. The van der Waals surface area contributed by atoms with Crippen LogP contribution in [0.1, 0.15) is 36.0 Å². The van der Waals surface area contributed by atoms with Gasteiger partial charge in [-0.1, -0.05) is 61.9 Å². The number of hydrogen-bond acceptors (Lipinski definition) is 8. The van der Waals surface area contributed by atoms with E-state index in [2.05, 4.69) is 67.2 Å². The van der Waals surface area contributed by atoms with Gasteiger partial charge in [-0.05, 0) is 35.2 Å². The number of nitrogens with zero attached hydrogens (tertiary/aromatic N) is 7. The summed E-state index contributed by atoms with van der Waals surface area (Å²) >= 11 is 0. The second-order valence-electron chi connectivity index (χ2n) is 8.41. The van der Waals surface area contributed by atoms with E-state index in [1.54, 1.807) is 4.52 Å². The van der Waals surface area contributed by atoms with Crippen LogP contribution in [0.5, 0.6) is 0 Å². The summed E-state index contributed by atoms with van der Waals surface area (Å²) in [4.78, 5) is 20.4. The van der Waals surface area contributed by atoms with Crippen LogP contribution in [0.25, 0.3) is 28.2 Å². The fourth-order valence-electron chi connectivity index (χ4n) is 4.24. The zero-order chi connectivity index (χ0) is 25.1. The highest BCUT2D eigenvalue weighted by Gasteiger charge is 2.17. The van der Waals surface area contributed by atoms with Gasteiger partial charge in [0, 0.05) is 23.2 Å². The fourth-order valence-corrected chi connectivity index (χ4v) is 4.24. The third-order valence-electron chi connectivity index (χ3n) is 5.87. The Morgan fingerprint density at radius 3 is 2.56 bits per heavy atom. The molecule has 0 radical (unpaired) electrons. The molecule has 0 amide bonds. The smallest absolute Gasteiger partial charge is 0.322 e. The number of aromatic amines is 1. The van der Waals surface area contributed by atoms with Gasteiger partial charge in [0.2, 0.25) is 11.8 Å². The molecule has 3 N–H and O–H groups in total. The number of H-pyrrole nitrogens is 1. The Balaban J connectivity index is 1.49. The van der Waals surface area contributed by atoms with Gasteiger partial charge in [0.1, 0.15) is 12.4 Å². The van der Waals surface area contributed by atoms with Crippen molar-refractivity contribution in [2.45, 2.75) is 33.1 Å². The van der Waals surface area contributed by atoms with Crippen molar-refractivity contribution in [3.63, 3.8) is 0 Å². The average molecular weight is 484 g/mol. The Morgan fingerprint density at radius 1 is 1.08 bits per heavy atom. The topological polar surface area (TPSA) is 147 Å². The van der Waals surface area contributed by atoms with Crippen molar-refractivity contribution in [3.05, 3.63) is 71.2 Å². The Labute approximate surface area is 206 Å². The number of tetrazole rings is 1. The summed E-state index contributed by atoms with van der Waals surface area (Å²) in [7, 11) is 0. The maximum absolute atomic E-state index is 11.0. The van der Waals surface area contributed by atoms with E-state index in [1.165, 1.54) is 0 Å². The van der Waals surface area contributed by atoms with Gasteiger partial charge < -0.3 is 10.4 Å². The highest BCUT2D eigenvalue weighted by atomic mass is 16.4. The molecule has 0 spiro atoms. The largest absolute Gasteiger partial charge is 0.480 e. The molecule has 3 aromatic heterocycles. The normalized spacial score (nSPS) is 11.2. The minimum atomic E-state index is -0.975. The molecular formula is C25H25N9O2. The lowest BCUT2D eigenvalue weighted by Crippen LogP contribution is -2.13. The van der Waals surface area contributed by atoms with E-state index >= 15 is 0 Å². The standard InChI is InChI=1S/C25H25N9O2/c1-3-6-21-20(24-28-25(26-14-22(35)36)31-34(24)15(2)27-21)13-16-9-11-17(12-10-16)18-7-4-5-8-19(18)23-29-32-33-30-23/h4-5,7-12H,3,6,13-14H2,1-2H3,(H,26,31)(H,35,36)(H,29,30,32,33). The third-order valence-corrected chi connectivity index (χ3v) is 5.87. The van der Waals surface area contributed by atoms with Gasteiger partial charge in [0.15, 0.2) is 5.65 Å². The van der Waals surface area contributed by atoms with E-state index in [0.717, 1.165) is 46.4 Å². The number of aryl methyl sites for hydroxylation is 2. The molecule has 5 aromatic rings. The molecule has 0 saturated heterocycles. The Kier molecular flexibility index (Phi) is 6.35. The zero-order valence-electron chi connectivity index (χ0n) is 19.9. The van der Waals surface area contributed by atoms with Gasteiger partial charge >= 0.3 is 5.97 Å². The minimum Gasteiger partial charge on any atom is -0.480 e. The number of carboxylic acid groups (broad SMARTS) is 1. The van der Waals surface area contributed by atoms with E-state index in [1.807, 2.05) is 31.2 Å². The predicted octanol–water partition coefficient (Wildman–Crippen LogP) is 3.32. The predicted molar refractivity (Wildman–Crippen MR) is 133 cm³/mol. The Hall–Kier alpha value is -4.67. The van der Waals surface area contributed by atoms with Gasteiger partial charge in [-0.2, -0.15) is 14.7 Å². The number of aliphatic carboxylic acids is 1. The van der Waals surface area contributed by atoms with Crippen molar-refractivity contribution < 1.29 is 9.90 Å². The van der Waals surface area contributed by atoms with Crippen molar-refractivity contribution in [2.24, 2.45) is 0 Å². The number of carboxylic acids is 1. The first-order chi connectivity index (χ1) is 17.5. The van der Waals surface area contributed by atoms with Crippen LogP contribution in [-0.2, 0) is 17.6 Å². The summed E-state index contributed by atoms with van der Waals surface area (Å²) in [5, 5.41) is 30.6. The third kappa shape index (κ3) is 4.63. The van der Waals surface area contributed by atoms with Crippen LogP contribution >= 0.6 is 0 Å². The minimum absolute atomic E-state index is 0.257. The molecule has 0 saturated carbocycles. The summed E-state index contributed by atoms with van der Waals surface area (Å²) in [6.07, 6.45) is 2.38. The number of aromatic nitrogens is 8.